The molecule has 0 saturated carbocycles. The Bertz CT molecular complexity index is 120. The lowest BCUT2D eigenvalue weighted by Crippen LogP contribution is -2.29. The van der Waals surface area contributed by atoms with Crippen molar-refractivity contribution in [2.75, 3.05) is 0 Å². The Morgan fingerprint density at radius 2 is 2.33 bits per heavy atom. The molecule has 0 bridgehead atoms. The second-order valence-corrected chi connectivity index (χ2v) is 1.73. The number of nitrogens with one attached hydrogen (secondary N) is 1. The van der Waals surface area contributed by atoms with Gasteiger partial charge in [0.2, 0.25) is 0 Å². The molecule has 0 saturated heterocycles. The van der Waals surface area contributed by atoms with Crippen LogP contribution < -0.4 is 5.32 Å². The Labute approximate surface area is 54.4 Å². The second-order valence-electron chi connectivity index (χ2n) is 1.73. The fraction of sp³-hybridized carbons (Fsp3) is 0.500. The molecule has 0 rings (SSSR count). The van der Waals surface area contributed by atoms with Crippen LogP contribution in [0.3, 0.4) is 0 Å². The van der Waals surface area contributed by atoms with E-state index >= 15 is 0 Å². The molecular formula is C6H11NO2. The zero-order chi connectivity index (χ0) is 7.28. The van der Waals surface area contributed by atoms with E-state index in [-0.39, 0.29) is 0 Å². The lowest BCUT2D eigenvalue weighted by atomic mass is 10.3. The van der Waals surface area contributed by atoms with Crippen LogP contribution >= 0.6 is 0 Å². The molecule has 2 N–H and O–H groups in total. The summed E-state index contributed by atoms with van der Waals surface area (Å²) in [7, 11) is 0. The maximum absolute atomic E-state index is 10.1. The number of carboxylic acids is 1. The van der Waals surface area contributed by atoms with Crippen LogP contribution in [0.4, 0.5) is 0 Å². The van der Waals surface area contributed by atoms with E-state index in [1.54, 1.807) is 19.2 Å². The molecule has 3 nitrogen and oxygen atoms in total. The SMILES string of the molecule is C/C=C\N[C@H](C)C(=O)O. The maximum atomic E-state index is 10.1. The molecule has 0 amide bonds. The van der Waals surface area contributed by atoms with Gasteiger partial charge in [0.25, 0.3) is 0 Å². The third-order valence-electron chi connectivity index (χ3n) is 0.883. The summed E-state index contributed by atoms with van der Waals surface area (Å²) in [5.41, 5.74) is 0. The average Bonchev–Trinajstić information content (AvgIpc) is 1.82. The summed E-state index contributed by atoms with van der Waals surface area (Å²) in [4.78, 5) is 10.1. The van der Waals surface area contributed by atoms with Crippen molar-refractivity contribution in [1.29, 1.82) is 0 Å². The van der Waals surface area contributed by atoms with Crippen LogP contribution in [0.25, 0.3) is 0 Å². The van der Waals surface area contributed by atoms with Crippen molar-refractivity contribution in [2.24, 2.45) is 0 Å². The van der Waals surface area contributed by atoms with Crippen LogP contribution in [0.1, 0.15) is 13.8 Å². The Kier molecular flexibility index (Phi) is 3.51. The topological polar surface area (TPSA) is 49.3 Å². The molecule has 0 aromatic heterocycles. The minimum atomic E-state index is -0.840. The van der Waals surface area contributed by atoms with E-state index < -0.39 is 12.0 Å². The van der Waals surface area contributed by atoms with Crippen molar-refractivity contribution in [1.82, 2.24) is 5.32 Å². The Hall–Kier alpha value is -0.990. The van der Waals surface area contributed by atoms with Gasteiger partial charge in [0, 0.05) is 0 Å². The summed E-state index contributed by atoms with van der Waals surface area (Å²) in [6.07, 6.45) is 3.36. The van der Waals surface area contributed by atoms with Gasteiger partial charge in [0.05, 0.1) is 0 Å². The lowest BCUT2D eigenvalue weighted by Gasteiger charge is -2.03. The molecule has 0 aliphatic carbocycles. The van der Waals surface area contributed by atoms with Gasteiger partial charge in [0.1, 0.15) is 6.04 Å². The Balaban J connectivity index is 3.50. The number of carbonyl (C=O) groups is 1. The zero-order valence-electron chi connectivity index (χ0n) is 5.59. The molecule has 0 aliphatic rings. The number of allylic oxidation sites excluding steroid dienone is 1. The van der Waals surface area contributed by atoms with Crippen LogP contribution in [-0.2, 0) is 4.79 Å². The zero-order valence-corrected chi connectivity index (χ0v) is 5.59. The molecule has 0 spiro atoms. The first-order valence-corrected chi connectivity index (χ1v) is 2.78. The highest BCUT2D eigenvalue weighted by Gasteiger charge is 2.05. The minimum Gasteiger partial charge on any atom is -0.480 e. The van der Waals surface area contributed by atoms with E-state index in [9.17, 15) is 4.79 Å². The monoisotopic (exact) mass is 129 g/mol. The molecule has 0 unspecified atom stereocenters. The fourth-order valence-electron chi connectivity index (χ4n) is 0.312. The molecule has 0 aromatic carbocycles. The molecule has 3 heteroatoms. The van der Waals surface area contributed by atoms with Gasteiger partial charge in [-0.1, -0.05) is 6.08 Å². The highest BCUT2D eigenvalue weighted by atomic mass is 16.4. The van der Waals surface area contributed by atoms with Crippen LogP contribution in [-0.4, -0.2) is 17.1 Å². The van der Waals surface area contributed by atoms with Crippen molar-refractivity contribution in [3.8, 4) is 0 Å². The highest BCUT2D eigenvalue weighted by molar-refractivity contribution is 5.72. The molecule has 0 heterocycles. The molecule has 52 valence electrons. The summed E-state index contributed by atoms with van der Waals surface area (Å²) in [6, 6.07) is -0.499. The summed E-state index contributed by atoms with van der Waals surface area (Å²) in [5, 5.41) is 11.0. The number of rotatable bonds is 3. The molecule has 0 aliphatic heterocycles. The number of hydrogen-bond donors (Lipinski definition) is 2. The third-order valence-corrected chi connectivity index (χ3v) is 0.883. The summed E-state index contributed by atoms with van der Waals surface area (Å²) in [5.74, 6) is -0.840. The Morgan fingerprint density at radius 1 is 1.78 bits per heavy atom. The highest BCUT2D eigenvalue weighted by Crippen LogP contribution is 1.79. The first-order chi connectivity index (χ1) is 4.18. The molecule has 0 radical (unpaired) electrons. The van der Waals surface area contributed by atoms with Gasteiger partial charge in [-0.25, -0.2) is 0 Å². The van der Waals surface area contributed by atoms with E-state index in [4.69, 9.17) is 5.11 Å². The predicted octanol–water partition coefficient (Wildman–Crippen LogP) is 0.583. The van der Waals surface area contributed by atoms with Crippen LogP contribution in [0.5, 0.6) is 0 Å². The van der Waals surface area contributed by atoms with Crippen molar-refractivity contribution in [3.63, 3.8) is 0 Å². The largest absolute Gasteiger partial charge is 0.480 e. The lowest BCUT2D eigenvalue weighted by molar-refractivity contribution is -0.138. The Morgan fingerprint density at radius 3 is 2.67 bits per heavy atom. The summed E-state index contributed by atoms with van der Waals surface area (Å²) in [6.45, 7) is 3.41. The number of carboxylic acid groups (broad SMARTS) is 1. The maximum Gasteiger partial charge on any atom is 0.325 e. The fourth-order valence-corrected chi connectivity index (χ4v) is 0.312. The number of hydrogen-bond acceptors (Lipinski definition) is 2. The first kappa shape index (κ1) is 8.01. The van der Waals surface area contributed by atoms with Crippen LogP contribution in [0.2, 0.25) is 0 Å². The standard InChI is InChI=1S/C6H11NO2/c1-3-4-7-5(2)6(8)9/h3-5,7H,1-2H3,(H,8,9)/b4-3-/t5-/m1/s1. The van der Waals surface area contributed by atoms with E-state index in [1.165, 1.54) is 0 Å². The van der Waals surface area contributed by atoms with Crippen LogP contribution in [0.15, 0.2) is 12.3 Å². The van der Waals surface area contributed by atoms with Gasteiger partial charge in [-0.3, -0.25) is 4.79 Å². The van der Waals surface area contributed by atoms with Crippen molar-refractivity contribution >= 4 is 5.97 Å². The van der Waals surface area contributed by atoms with Gasteiger partial charge in [0.15, 0.2) is 0 Å². The van der Waals surface area contributed by atoms with E-state index in [2.05, 4.69) is 5.32 Å². The van der Waals surface area contributed by atoms with E-state index in [1.807, 2.05) is 6.92 Å². The third kappa shape index (κ3) is 3.58. The average molecular weight is 129 g/mol. The smallest absolute Gasteiger partial charge is 0.325 e. The first-order valence-electron chi connectivity index (χ1n) is 2.78. The van der Waals surface area contributed by atoms with Crippen molar-refractivity contribution < 1.29 is 9.90 Å². The van der Waals surface area contributed by atoms with Gasteiger partial charge in [-0.2, -0.15) is 0 Å². The summed E-state index contributed by atoms with van der Waals surface area (Å²) >= 11 is 0. The van der Waals surface area contributed by atoms with E-state index in [0.717, 1.165) is 0 Å². The minimum absolute atomic E-state index is 0.499. The summed E-state index contributed by atoms with van der Waals surface area (Å²) < 4.78 is 0. The quantitative estimate of drug-likeness (QED) is 0.586. The van der Waals surface area contributed by atoms with Gasteiger partial charge >= 0.3 is 5.97 Å². The number of aliphatic carboxylic acids is 1. The van der Waals surface area contributed by atoms with Gasteiger partial charge in [-0.15, -0.1) is 0 Å². The van der Waals surface area contributed by atoms with Gasteiger partial charge < -0.3 is 10.4 Å². The van der Waals surface area contributed by atoms with Crippen molar-refractivity contribution in [2.45, 2.75) is 19.9 Å². The second kappa shape index (κ2) is 3.95. The van der Waals surface area contributed by atoms with Crippen LogP contribution in [0, 0.1) is 0 Å². The van der Waals surface area contributed by atoms with E-state index in [0.29, 0.717) is 0 Å². The van der Waals surface area contributed by atoms with Gasteiger partial charge in [-0.05, 0) is 20.0 Å². The van der Waals surface area contributed by atoms with Crippen molar-refractivity contribution in [3.05, 3.63) is 12.3 Å². The molecule has 1 atom stereocenters. The predicted molar refractivity (Wildman–Crippen MR) is 35.0 cm³/mol. The molecule has 0 fully saturated rings. The molecule has 0 aromatic rings. The molecule has 9 heavy (non-hydrogen) atoms. The molecular weight excluding hydrogens is 118 g/mol. The normalized spacial score (nSPS) is 13.6.